The van der Waals surface area contributed by atoms with Crippen LogP contribution >= 0.6 is 0 Å². The lowest BCUT2D eigenvalue weighted by Gasteiger charge is -2.55. The van der Waals surface area contributed by atoms with E-state index in [1.54, 1.807) is 0 Å². The third-order valence-electron chi connectivity index (χ3n) is 5.24. The molecule has 0 aromatic rings. The number of hydrogen-bond acceptors (Lipinski definition) is 2. The van der Waals surface area contributed by atoms with Crippen molar-refractivity contribution in [2.45, 2.75) is 40.7 Å². The van der Waals surface area contributed by atoms with Gasteiger partial charge in [-0.15, -0.1) is 0 Å². The van der Waals surface area contributed by atoms with E-state index in [-0.39, 0.29) is 12.0 Å². The zero-order valence-corrected chi connectivity index (χ0v) is 11.7. The Morgan fingerprint density at radius 3 is 2.65 bits per heavy atom. The van der Waals surface area contributed by atoms with Crippen molar-refractivity contribution in [3.05, 3.63) is 11.6 Å². The van der Waals surface area contributed by atoms with Crippen LogP contribution in [0.4, 0.5) is 0 Å². The standard InChI is InChI=1S/C15H26O2/c1-9(2)14-13-10(3)6-11(4)15(7-16,8-17-14)12(13)5/h6,9,11-14,16H,7-8H2,1-5H3/t11-,12-,13-,14+,15-/m1/s1. The maximum atomic E-state index is 9.84. The van der Waals surface area contributed by atoms with E-state index in [0.29, 0.717) is 36.4 Å². The summed E-state index contributed by atoms with van der Waals surface area (Å²) < 4.78 is 6.11. The number of ether oxygens (including phenoxy) is 1. The average Bonchev–Trinajstić information content (AvgIpc) is 2.26. The van der Waals surface area contributed by atoms with Crippen LogP contribution in [0.2, 0.25) is 0 Å². The summed E-state index contributed by atoms with van der Waals surface area (Å²) in [7, 11) is 0. The summed E-state index contributed by atoms with van der Waals surface area (Å²) in [5.74, 6) is 1.93. The highest BCUT2D eigenvalue weighted by atomic mass is 16.5. The van der Waals surface area contributed by atoms with Crippen molar-refractivity contribution in [3.8, 4) is 0 Å². The Morgan fingerprint density at radius 2 is 2.12 bits per heavy atom. The van der Waals surface area contributed by atoms with Crippen LogP contribution in [0.5, 0.6) is 0 Å². The third kappa shape index (κ3) is 1.77. The molecule has 0 radical (unpaired) electrons. The molecule has 1 aliphatic heterocycles. The first-order chi connectivity index (χ1) is 7.94. The molecule has 2 rings (SSSR count). The van der Waals surface area contributed by atoms with Gasteiger partial charge < -0.3 is 9.84 Å². The Labute approximate surface area is 105 Å². The average molecular weight is 238 g/mol. The topological polar surface area (TPSA) is 29.5 Å². The summed E-state index contributed by atoms with van der Waals surface area (Å²) in [6.07, 6.45) is 2.67. The van der Waals surface area contributed by atoms with E-state index >= 15 is 0 Å². The Balaban J connectivity index is 2.41. The van der Waals surface area contributed by atoms with Gasteiger partial charge in [-0.05, 0) is 24.7 Å². The molecule has 1 saturated heterocycles. The van der Waals surface area contributed by atoms with Crippen LogP contribution < -0.4 is 0 Å². The molecule has 0 aromatic heterocycles. The van der Waals surface area contributed by atoms with Gasteiger partial charge in [0.05, 0.1) is 19.3 Å². The predicted octanol–water partition coefficient (Wildman–Crippen LogP) is 2.87. The van der Waals surface area contributed by atoms with E-state index < -0.39 is 0 Å². The van der Waals surface area contributed by atoms with Gasteiger partial charge in [-0.25, -0.2) is 0 Å². The van der Waals surface area contributed by atoms with Crippen molar-refractivity contribution >= 4 is 0 Å². The molecule has 1 aliphatic carbocycles. The fourth-order valence-corrected chi connectivity index (χ4v) is 3.94. The molecule has 2 bridgehead atoms. The molecule has 17 heavy (non-hydrogen) atoms. The number of aliphatic hydroxyl groups is 1. The number of hydrogen-bond donors (Lipinski definition) is 1. The monoisotopic (exact) mass is 238 g/mol. The summed E-state index contributed by atoms with van der Waals surface area (Å²) in [4.78, 5) is 0. The van der Waals surface area contributed by atoms with Crippen LogP contribution in [0.15, 0.2) is 11.6 Å². The summed E-state index contributed by atoms with van der Waals surface area (Å²) in [5.41, 5.74) is 1.39. The van der Waals surface area contributed by atoms with Gasteiger partial charge in [0.25, 0.3) is 0 Å². The minimum Gasteiger partial charge on any atom is -0.396 e. The lowest BCUT2D eigenvalue weighted by molar-refractivity contribution is -0.174. The second kappa shape index (κ2) is 4.40. The van der Waals surface area contributed by atoms with Crippen molar-refractivity contribution in [2.24, 2.45) is 29.1 Å². The van der Waals surface area contributed by atoms with Gasteiger partial charge in [-0.2, -0.15) is 0 Å². The molecule has 0 spiro atoms. The lowest BCUT2D eigenvalue weighted by atomic mass is 9.55. The zero-order valence-electron chi connectivity index (χ0n) is 11.7. The third-order valence-corrected chi connectivity index (χ3v) is 5.24. The first-order valence-electron chi connectivity index (χ1n) is 6.85. The normalized spacial score (nSPS) is 45.9. The summed E-state index contributed by atoms with van der Waals surface area (Å²) >= 11 is 0. The quantitative estimate of drug-likeness (QED) is 0.750. The molecule has 0 aromatic carbocycles. The van der Waals surface area contributed by atoms with Gasteiger partial charge >= 0.3 is 0 Å². The predicted molar refractivity (Wildman–Crippen MR) is 69.7 cm³/mol. The Bertz CT molecular complexity index is 321. The minimum absolute atomic E-state index is 0.0600. The van der Waals surface area contributed by atoms with Crippen LogP contribution in [0.1, 0.15) is 34.6 Å². The van der Waals surface area contributed by atoms with E-state index in [2.05, 4.69) is 40.7 Å². The highest BCUT2D eigenvalue weighted by Gasteiger charge is 2.53. The number of aliphatic hydroxyl groups excluding tert-OH is 1. The zero-order chi connectivity index (χ0) is 12.8. The molecule has 2 heteroatoms. The lowest BCUT2D eigenvalue weighted by Crippen LogP contribution is -2.57. The summed E-state index contributed by atoms with van der Waals surface area (Å²) in [5, 5.41) is 9.84. The second-order valence-corrected chi connectivity index (χ2v) is 6.42. The Morgan fingerprint density at radius 1 is 1.47 bits per heavy atom. The van der Waals surface area contributed by atoms with Crippen molar-refractivity contribution in [2.75, 3.05) is 13.2 Å². The number of rotatable bonds is 2. The molecular weight excluding hydrogens is 212 g/mol. The van der Waals surface area contributed by atoms with Gasteiger partial charge in [0, 0.05) is 11.3 Å². The largest absolute Gasteiger partial charge is 0.396 e. The van der Waals surface area contributed by atoms with E-state index in [1.165, 1.54) is 5.57 Å². The van der Waals surface area contributed by atoms with Crippen LogP contribution in [-0.2, 0) is 4.74 Å². The molecule has 5 atom stereocenters. The molecule has 0 amide bonds. The van der Waals surface area contributed by atoms with E-state index in [4.69, 9.17) is 4.74 Å². The first-order valence-corrected chi connectivity index (χ1v) is 6.85. The highest BCUT2D eigenvalue weighted by molar-refractivity contribution is 5.21. The van der Waals surface area contributed by atoms with Crippen LogP contribution in [0, 0.1) is 29.1 Å². The van der Waals surface area contributed by atoms with E-state index in [9.17, 15) is 5.11 Å². The van der Waals surface area contributed by atoms with Gasteiger partial charge in [0.15, 0.2) is 0 Å². The van der Waals surface area contributed by atoms with Crippen LogP contribution in [0.3, 0.4) is 0 Å². The van der Waals surface area contributed by atoms with E-state index in [0.717, 1.165) is 0 Å². The number of allylic oxidation sites excluding steroid dienone is 1. The van der Waals surface area contributed by atoms with Crippen molar-refractivity contribution in [1.82, 2.24) is 0 Å². The molecule has 0 unspecified atom stereocenters. The number of fused-ring (bicyclic) bond motifs is 2. The first kappa shape index (κ1) is 13.1. The fraction of sp³-hybridized carbons (Fsp3) is 0.867. The molecule has 2 aliphatic rings. The molecule has 2 nitrogen and oxygen atoms in total. The summed E-state index contributed by atoms with van der Waals surface area (Å²) in [6.45, 7) is 12.1. The van der Waals surface area contributed by atoms with Gasteiger partial charge in [-0.1, -0.05) is 39.3 Å². The van der Waals surface area contributed by atoms with Crippen LogP contribution in [-0.4, -0.2) is 24.4 Å². The minimum atomic E-state index is -0.0600. The molecule has 1 heterocycles. The van der Waals surface area contributed by atoms with Crippen molar-refractivity contribution < 1.29 is 9.84 Å². The van der Waals surface area contributed by atoms with Crippen molar-refractivity contribution in [1.29, 1.82) is 0 Å². The summed E-state index contributed by atoms with van der Waals surface area (Å²) in [6, 6.07) is 0. The molecule has 1 N–H and O–H groups in total. The molecule has 0 saturated carbocycles. The second-order valence-electron chi connectivity index (χ2n) is 6.42. The highest BCUT2D eigenvalue weighted by Crippen LogP contribution is 2.53. The molecule has 98 valence electrons. The molecular formula is C15H26O2. The maximum absolute atomic E-state index is 9.84. The maximum Gasteiger partial charge on any atom is 0.0666 e. The van der Waals surface area contributed by atoms with Gasteiger partial charge in [-0.3, -0.25) is 0 Å². The SMILES string of the molecule is CC1=C[C@@H](C)[C@@]2(CO)CO[C@@H](C(C)C)[C@H]1[C@H]2C. The molecule has 1 fully saturated rings. The smallest absolute Gasteiger partial charge is 0.0666 e. The fourth-order valence-electron chi connectivity index (χ4n) is 3.94. The van der Waals surface area contributed by atoms with Gasteiger partial charge in [0.1, 0.15) is 0 Å². The van der Waals surface area contributed by atoms with E-state index in [1.807, 2.05) is 0 Å². The van der Waals surface area contributed by atoms with Crippen LogP contribution in [0.25, 0.3) is 0 Å². The van der Waals surface area contributed by atoms with Gasteiger partial charge in [0.2, 0.25) is 0 Å². The van der Waals surface area contributed by atoms with Crippen molar-refractivity contribution in [3.63, 3.8) is 0 Å². The Hall–Kier alpha value is -0.340. The Kier molecular flexibility index (Phi) is 3.39.